The largest absolute Gasteiger partial charge is 0.440 e. The third-order valence-corrected chi connectivity index (χ3v) is 32.9. The Morgan fingerprint density at radius 2 is 0.643 bits per heavy atom. The van der Waals surface area contributed by atoms with E-state index in [9.17, 15) is 0 Å². The number of fused-ring (bicyclic) bond motifs is 14. The molecule has 0 N–H and O–H groups in total. The van der Waals surface area contributed by atoms with Gasteiger partial charge in [-0.15, -0.1) is 0 Å². The molecule has 8 nitrogen and oxygen atoms in total. The summed E-state index contributed by atoms with van der Waals surface area (Å²) in [7, 11) is 0. The Bertz CT molecular complexity index is 8070. The van der Waals surface area contributed by atoms with Crippen LogP contribution in [0.4, 0.5) is 103 Å². The van der Waals surface area contributed by atoms with Gasteiger partial charge in [-0.3, -0.25) is 9.80 Å². The third-order valence-electron chi connectivity index (χ3n) is 32.9. The van der Waals surface area contributed by atoms with Crippen molar-refractivity contribution in [3.63, 3.8) is 0 Å². The quantitative estimate of drug-likeness (QED) is 0.0998. The van der Waals surface area contributed by atoms with Crippen LogP contribution >= 0.6 is 0 Å². The number of rotatable bonds is 14. The van der Waals surface area contributed by atoms with Crippen molar-refractivity contribution < 1.29 is 8.83 Å². The molecular weight excluding hydrogens is 1740 g/mol. The molecule has 2 aliphatic carbocycles. The standard InChI is InChI=1S/C133H128B2N6O2/c1-84-53-66-119-103(71-84)121-125(143-119)141(111-65-59-91(129(11,12)13)74-102(111)87-42-28-22-29-43-87)116-77-98(136(92-44-30-23-31-45-92)93-46-32-24-33-47-93)75-114-123(116)135(121)109-80-107-106(82-113(109)139(114)96-62-56-89(57-63-96)127(5,6)7)132(18,19)69-70-133(107,20)83-85-39-38-50-97(72-85)137(94-48-34-25-35-49-94)99-76-115-122-117(78-99)140(110-64-58-90(128(8,9)10)73-101(110)86-40-26-21-27-41-86)124-120(100-51-36-37-52-118(100)142-124)134(122)108-79-104-105(131(16,17)68-67-130(104,14)15)81-112(108)138(115)95-60-54-88(55-61-95)126(2,3)4/h21-66,71-82H,67-70,83H2,1-20H3. The first-order valence-corrected chi connectivity index (χ1v) is 51.9. The Hall–Kier alpha value is -14.5. The summed E-state index contributed by atoms with van der Waals surface area (Å²) >= 11 is 0. The highest BCUT2D eigenvalue weighted by Gasteiger charge is 2.53. The topological polar surface area (TPSA) is 45.7 Å². The van der Waals surface area contributed by atoms with Gasteiger partial charge in [0.2, 0.25) is 11.8 Å². The van der Waals surface area contributed by atoms with Crippen molar-refractivity contribution in [2.75, 3.05) is 29.4 Å². The van der Waals surface area contributed by atoms with Crippen molar-refractivity contribution in [3.8, 4) is 22.3 Å². The summed E-state index contributed by atoms with van der Waals surface area (Å²) in [6.07, 6.45) is 4.89. The predicted molar refractivity (Wildman–Crippen MR) is 609 cm³/mol. The van der Waals surface area contributed by atoms with Crippen LogP contribution < -0.4 is 62.2 Å². The van der Waals surface area contributed by atoms with Gasteiger partial charge in [-0.25, -0.2) is 0 Å². The number of nitrogens with zero attached hydrogens (tertiary/aromatic N) is 6. The fourth-order valence-corrected chi connectivity index (χ4v) is 24.8. The van der Waals surface area contributed by atoms with Crippen LogP contribution in [0.2, 0.25) is 0 Å². The number of furan rings is 2. The second-order valence-electron chi connectivity index (χ2n) is 48.1. The highest BCUT2D eigenvalue weighted by Crippen LogP contribution is 2.59. The molecule has 24 rings (SSSR count). The molecule has 0 amide bonds. The van der Waals surface area contributed by atoms with Gasteiger partial charge < -0.3 is 28.4 Å². The van der Waals surface area contributed by atoms with E-state index in [1.807, 2.05) is 0 Å². The van der Waals surface area contributed by atoms with E-state index in [4.69, 9.17) is 8.83 Å². The molecule has 143 heavy (non-hydrogen) atoms. The second-order valence-corrected chi connectivity index (χ2v) is 48.1. The molecule has 0 fully saturated rings. The lowest BCUT2D eigenvalue weighted by molar-refractivity contribution is 0.310. The maximum Gasteiger partial charge on any atom is 0.257 e. The van der Waals surface area contributed by atoms with Crippen molar-refractivity contribution in [2.24, 2.45) is 0 Å². The van der Waals surface area contributed by atoms with Crippen LogP contribution in [-0.4, -0.2) is 13.4 Å². The summed E-state index contributed by atoms with van der Waals surface area (Å²) in [4.78, 5) is 15.4. The first kappa shape index (κ1) is 91.0. The normalized spacial score (nSPS) is 16.3. The van der Waals surface area contributed by atoms with Crippen LogP contribution in [0.5, 0.6) is 0 Å². The Labute approximate surface area is 846 Å². The monoisotopic (exact) mass is 1860 g/mol. The molecule has 18 aromatic rings. The minimum Gasteiger partial charge on any atom is -0.440 e. The van der Waals surface area contributed by atoms with Crippen LogP contribution in [0.1, 0.15) is 213 Å². The summed E-state index contributed by atoms with van der Waals surface area (Å²) in [6.45, 7) is 47.3. The molecule has 0 radical (unpaired) electrons. The van der Waals surface area contributed by atoms with Gasteiger partial charge in [0.25, 0.3) is 13.4 Å². The first-order chi connectivity index (χ1) is 68.4. The Kier molecular flexibility index (Phi) is 21.0. The summed E-state index contributed by atoms with van der Waals surface area (Å²) < 4.78 is 15.6. The molecule has 0 bridgehead atoms. The zero-order valence-electron chi connectivity index (χ0n) is 86.7. The van der Waals surface area contributed by atoms with E-state index in [1.165, 1.54) is 99.8 Å². The lowest BCUT2D eigenvalue weighted by Gasteiger charge is -2.48. The maximum absolute atomic E-state index is 7.86. The number of benzene rings is 16. The van der Waals surface area contributed by atoms with Crippen molar-refractivity contribution in [1.29, 1.82) is 0 Å². The van der Waals surface area contributed by atoms with Crippen LogP contribution in [0.3, 0.4) is 0 Å². The highest BCUT2D eigenvalue weighted by molar-refractivity contribution is 7.02. The van der Waals surface area contributed by atoms with E-state index in [2.05, 4.69) is 520 Å². The molecule has 10 heteroatoms. The summed E-state index contributed by atoms with van der Waals surface area (Å²) in [5.74, 6) is 1.67. The van der Waals surface area contributed by atoms with Crippen LogP contribution in [0.25, 0.3) is 44.2 Å². The van der Waals surface area contributed by atoms with E-state index >= 15 is 0 Å². The fourth-order valence-electron chi connectivity index (χ4n) is 24.8. The lowest BCUT2D eigenvalue weighted by atomic mass is 9.33. The number of aryl methyl sites for hydroxylation is 1. The molecule has 16 aromatic carbocycles. The predicted octanol–water partition coefficient (Wildman–Crippen LogP) is 33.0. The first-order valence-electron chi connectivity index (χ1n) is 51.9. The van der Waals surface area contributed by atoms with Gasteiger partial charge in [0, 0.05) is 101 Å². The number of hydrogen-bond donors (Lipinski definition) is 0. The van der Waals surface area contributed by atoms with Gasteiger partial charge >= 0.3 is 0 Å². The molecule has 4 aliphatic heterocycles. The molecule has 6 aliphatic rings. The minimum absolute atomic E-state index is 0.0813. The van der Waals surface area contributed by atoms with E-state index in [0.717, 1.165) is 168 Å². The molecule has 0 saturated heterocycles. The molecular formula is C133H128B2N6O2. The zero-order chi connectivity index (χ0) is 98.8. The SMILES string of the molecule is Cc1ccc2oc3c(c2c1)B1c2cc4c(cc2N(c2ccc(C(C)(C)C)cc2)c2cc(N(c5ccccc5)c5ccccc5)cc(c21)N3c1ccc(C(C)(C)C)cc1-c1ccccc1)C(C)(C)CCC4(C)Cc1cccc(N(c2ccccc2)c2cc3c4c(c2)N(c2ccc(C(C)(C)C)cc2-c2ccccc2)c2oc5ccccc5c2B4c2cc4c(cc2N3c2ccc(C(C)(C)C)cc2)C(C)(C)CCC4(C)C)c1. The smallest absolute Gasteiger partial charge is 0.257 e. The van der Waals surface area contributed by atoms with E-state index in [1.54, 1.807) is 0 Å². The molecule has 2 aromatic heterocycles. The van der Waals surface area contributed by atoms with E-state index < -0.39 is 0 Å². The minimum atomic E-state index is -0.389. The van der Waals surface area contributed by atoms with Gasteiger partial charge in [0.1, 0.15) is 11.2 Å². The highest BCUT2D eigenvalue weighted by atomic mass is 16.4. The van der Waals surface area contributed by atoms with Crippen molar-refractivity contribution in [1.82, 2.24) is 0 Å². The molecule has 1 unspecified atom stereocenters. The average Bonchev–Trinajstić information content (AvgIpc) is 1.68. The van der Waals surface area contributed by atoms with Crippen LogP contribution in [0.15, 0.2) is 361 Å². The maximum atomic E-state index is 7.86. The Balaban J connectivity index is 0.739. The van der Waals surface area contributed by atoms with Crippen LogP contribution in [0, 0.1) is 6.92 Å². The second kappa shape index (κ2) is 33.1. The molecule has 1 atom stereocenters. The van der Waals surface area contributed by atoms with Gasteiger partial charge in [-0.2, -0.15) is 0 Å². The van der Waals surface area contributed by atoms with Crippen LogP contribution in [-0.2, 0) is 49.7 Å². The molecule has 708 valence electrons. The van der Waals surface area contributed by atoms with Crippen molar-refractivity contribution >= 4 is 171 Å². The molecule has 6 heterocycles. The van der Waals surface area contributed by atoms with E-state index in [0.29, 0.717) is 0 Å². The number of hydrogen-bond acceptors (Lipinski definition) is 8. The Morgan fingerprint density at radius 3 is 1.09 bits per heavy atom. The molecule has 0 spiro atoms. The van der Waals surface area contributed by atoms with Crippen molar-refractivity contribution in [3.05, 3.63) is 407 Å². The molecule has 0 saturated carbocycles. The fraction of sp³-hybridized carbons (Fsp3) is 0.248. The number of anilines is 18. The lowest BCUT2D eigenvalue weighted by Crippen LogP contribution is -2.61. The van der Waals surface area contributed by atoms with Gasteiger partial charge in [-0.1, -0.05) is 337 Å². The Morgan fingerprint density at radius 1 is 0.280 bits per heavy atom. The summed E-state index contributed by atoms with van der Waals surface area (Å²) in [6, 6.07) is 135. The average molecular weight is 1860 g/mol. The van der Waals surface area contributed by atoms with Crippen molar-refractivity contribution in [2.45, 2.75) is 214 Å². The zero-order valence-corrected chi connectivity index (χ0v) is 86.7. The van der Waals surface area contributed by atoms with E-state index in [-0.39, 0.29) is 56.7 Å². The van der Waals surface area contributed by atoms with Gasteiger partial charge in [0.05, 0.1) is 22.7 Å². The van der Waals surface area contributed by atoms with Gasteiger partial charge in [0.15, 0.2) is 0 Å². The summed E-state index contributed by atoms with van der Waals surface area (Å²) in [5, 5.41) is 2.24. The third kappa shape index (κ3) is 15.1. The summed E-state index contributed by atoms with van der Waals surface area (Å²) in [5.41, 5.74) is 42.9. The number of para-hydroxylation sites is 4. The van der Waals surface area contributed by atoms with Gasteiger partial charge in [-0.05, 0) is 317 Å².